The third kappa shape index (κ3) is 4.47. The molecule has 1 saturated carbocycles. The van der Waals surface area contributed by atoms with Gasteiger partial charge in [0.1, 0.15) is 0 Å². The third-order valence-electron chi connectivity index (χ3n) is 4.15. The highest BCUT2D eigenvalue weighted by molar-refractivity contribution is 5.78. The second-order valence-electron chi connectivity index (χ2n) is 6.04. The molecule has 1 aliphatic carbocycles. The SMILES string of the molecule is CC(CN(C(=O)CCC1CCCCO1)C1CC1)C(=O)O. The maximum atomic E-state index is 12.3. The van der Waals surface area contributed by atoms with Crippen molar-refractivity contribution in [2.45, 2.75) is 64.0 Å². The van der Waals surface area contributed by atoms with Gasteiger partial charge in [0.05, 0.1) is 12.0 Å². The van der Waals surface area contributed by atoms with Crippen LogP contribution in [0.3, 0.4) is 0 Å². The monoisotopic (exact) mass is 283 g/mol. The minimum Gasteiger partial charge on any atom is -0.481 e. The summed E-state index contributed by atoms with van der Waals surface area (Å²) < 4.78 is 5.64. The topological polar surface area (TPSA) is 66.8 Å². The zero-order chi connectivity index (χ0) is 14.5. The Morgan fingerprint density at radius 1 is 1.30 bits per heavy atom. The maximum Gasteiger partial charge on any atom is 0.308 e. The zero-order valence-electron chi connectivity index (χ0n) is 12.2. The molecule has 1 amide bonds. The van der Waals surface area contributed by atoms with Gasteiger partial charge < -0.3 is 14.7 Å². The lowest BCUT2D eigenvalue weighted by Crippen LogP contribution is -2.39. The van der Waals surface area contributed by atoms with Crippen LogP contribution in [0.25, 0.3) is 0 Å². The Hall–Kier alpha value is -1.10. The molecule has 0 aromatic rings. The summed E-state index contributed by atoms with van der Waals surface area (Å²) in [6.07, 6.45) is 6.83. The Balaban J connectivity index is 1.79. The van der Waals surface area contributed by atoms with Crippen molar-refractivity contribution in [1.29, 1.82) is 0 Å². The molecule has 2 aliphatic rings. The fourth-order valence-electron chi connectivity index (χ4n) is 2.68. The Morgan fingerprint density at radius 3 is 2.60 bits per heavy atom. The van der Waals surface area contributed by atoms with Crippen LogP contribution in [0.5, 0.6) is 0 Å². The van der Waals surface area contributed by atoms with E-state index in [-0.39, 0.29) is 18.1 Å². The van der Waals surface area contributed by atoms with Crippen LogP contribution in [-0.2, 0) is 14.3 Å². The molecule has 2 unspecified atom stereocenters. The zero-order valence-corrected chi connectivity index (χ0v) is 12.2. The quantitative estimate of drug-likeness (QED) is 0.776. The van der Waals surface area contributed by atoms with Gasteiger partial charge in [-0.3, -0.25) is 9.59 Å². The Bertz CT molecular complexity index is 348. The molecule has 20 heavy (non-hydrogen) atoms. The van der Waals surface area contributed by atoms with Gasteiger partial charge in [0.15, 0.2) is 0 Å². The van der Waals surface area contributed by atoms with Crippen molar-refractivity contribution in [3.8, 4) is 0 Å². The fourth-order valence-corrected chi connectivity index (χ4v) is 2.68. The normalized spacial score (nSPS) is 24.1. The smallest absolute Gasteiger partial charge is 0.308 e. The highest BCUT2D eigenvalue weighted by Crippen LogP contribution is 2.29. The molecular weight excluding hydrogens is 258 g/mol. The summed E-state index contributed by atoms with van der Waals surface area (Å²) in [6, 6.07) is 0.275. The van der Waals surface area contributed by atoms with E-state index in [4.69, 9.17) is 9.84 Å². The lowest BCUT2D eigenvalue weighted by atomic mass is 10.0. The maximum absolute atomic E-state index is 12.3. The molecule has 0 bridgehead atoms. The van der Waals surface area contributed by atoms with Crippen LogP contribution < -0.4 is 0 Å². The fraction of sp³-hybridized carbons (Fsp3) is 0.867. The van der Waals surface area contributed by atoms with Gasteiger partial charge in [-0.15, -0.1) is 0 Å². The summed E-state index contributed by atoms with van der Waals surface area (Å²) in [7, 11) is 0. The van der Waals surface area contributed by atoms with Crippen LogP contribution in [-0.4, -0.2) is 47.2 Å². The van der Waals surface area contributed by atoms with Crippen molar-refractivity contribution < 1.29 is 19.4 Å². The number of ether oxygens (including phenoxy) is 1. The summed E-state index contributed by atoms with van der Waals surface area (Å²) >= 11 is 0. The average Bonchev–Trinajstić information content (AvgIpc) is 3.27. The number of carbonyl (C=O) groups is 2. The number of amides is 1. The lowest BCUT2D eigenvalue weighted by Gasteiger charge is -2.26. The van der Waals surface area contributed by atoms with Crippen molar-refractivity contribution in [1.82, 2.24) is 4.90 Å². The first-order valence-corrected chi connectivity index (χ1v) is 7.72. The van der Waals surface area contributed by atoms with Gasteiger partial charge in [0, 0.05) is 25.6 Å². The predicted molar refractivity (Wildman–Crippen MR) is 74.4 cm³/mol. The second kappa shape index (κ2) is 7.07. The summed E-state index contributed by atoms with van der Waals surface area (Å²) in [5.41, 5.74) is 0. The van der Waals surface area contributed by atoms with Gasteiger partial charge in [-0.05, 0) is 38.5 Å². The van der Waals surface area contributed by atoms with Crippen LogP contribution in [0.2, 0.25) is 0 Å². The van der Waals surface area contributed by atoms with Gasteiger partial charge in [0.25, 0.3) is 0 Å². The van der Waals surface area contributed by atoms with Crippen molar-refractivity contribution in [2.24, 2.45) is 5.92 Å². The highest BCUT2D eigenvalue weighted by Gasteiger charge is 2.34. The molecular formula is C15H25NO4. The molecule has 1 saturated heterocycles. The molecule has 1 heterocycles. The molecule has 0 spiro atoms. The number of carbonyl (C=O) groups excluding carboxylic acids is 1. The first-order valence-electron chi connectivity index (χ1n) is 7.72. The van der Waals surface area contributed by atoms with Crippen LogP contribution in [0.15, 0.2) is 0 Å². The molecule has 114 valence electrons. The van der Waals surface area contributed by atoms with Crippen molar-refractivity contribution in [2.75, 3.05) is 13.2 Å². The molecule has 5 nitrogen and oxygen atoms in total. The van der Waals surface area contributed by atoms with E-state index >= 15 is 0 Å². The second-order valence-corrected chi connectivity index (χ2v) is 6.04. The van der Waals surface area contributed by atoms with Gasteiger partial charge in [-0.2, -0.15) is 0 Å². The van der Waals surface area contributed by atoms with Crippen LogP contribution in [0, 0.1) is 5.92 Å². The molecule has 1 aliphatic heterocycles. The molecule has 5 heteroatoms. The lowest BCUT2D eigenvalue weighted by molar-refractivity contribution is -0.143. The average molecular weight is 283 g/mol. The van der Waals surface area contributed by atoms with E-state index in [1.54, 1.807) is 11.8 Å². The van der Waals surface area contributed by atoms with Crippen LogP contribution in [0.1, 0.15) is 51.9 Å². The molecule has 1 N–H and O–H groups in total. The van der Waals surface area contributed by atoms with Crippen molar-refractivity contribution in [3.05, 3.63) is 0 Å². The van der Waals surface area contributed by atoms with Gasteiger partial charge in [0.2, 0.25) is 5.91 Å². The first-order chi connectivity index (χ1) is 9.58. The van der Waals surface area contributed by atoms with E-state index in [9.17, 15) is 9.59 Å². The Kier molecular flexibility index (Phi) is 5.40. The predicted octanol–water partition coefficient (Wildman–Crippen LogP) is 2.05. The molecule has 0 radical (unpaired) electrons. The highest BCUT2D eigenvalue weighted by atomic mass is 16.5. The molecule has 0 aromatic heterocycles. The number of rotatable bonds is 7. The summed E-state index contributed by atoms with van der Waals surface area (Å²) in [6.45, 7) is 2.81. The molecule has 0 aromatic carbocycles. The Morgan fingerprint density at radius 2 is 2.05 bits per heavy atom. The molecule has 2 rings (SSSR count). The van der Waals surface area contributed by atoms with Gasteiger partial charge >= 0.3 is 5.97 Å². The Labute approximate surface area is 120 Å². The largest absolute Gasteiger partial charge is 0.481 e. The van der Waals surface area contributed by atoms with E-state index in [1.807, 2.05) is 0 Å². The first kappa shape index (κ1) is 15.3. The third-order valence-corrected chi connectivity index (χ3v) is 4.15. The van der Waals surface area contributed by atoms with Gasteiger partial charge in [-0.25, -0.2) is 0 Å². The number of hydrogen-bond donors (Lipinski definition) is 1. The minimum atomic E-state index is -0.834. The van der Waals surface area contributed by atoms with E-state index in [0.29, 0.717) is 13.0 Å². The van der Waals surface area contributed by atoms with E-state index in [2.05, 4.69) is 0 Å². The molecule has 2 atom stereocenters. The number of nitrogens with zero attached hydrogens (tertiary/aromatic N) is 1. The van der Waals surface area contributed by atoms with Crippen LogP contribution >= 0.6 is 0 Å². The number of carboxylic acids is 1. The van der Waals surface area contributed by atoms with Gasteiger partial charge in [-0.1, -0.05) is 6.92 Å². The van der Waals surface area contributed by atoms with Crippen molar-refractivity contribution >= 4 is 11.9 Å². The number of hydrogen-bond acceptors (Lipinski definition) is 3. The number of carboxylic acid groups (broad SMARTS) is 1. The summed E-state index contributed by atoms with van der Waals surface area (Å²) in [5, 5.41) is 8.99. The van der Waals surface area contributed by atoms with E-state index in [1.165, 1.54) is 6.42 Å². The minimum absolute atomic E-state index is 0.0924. The number of aliphatic carboxylic acids is 1. The van der Waals surface area contributed by atoms with E-state index in [0.717, 1.165) is 38.7 Å². The summed E-state index contributed by atoms with van der Waals surface area (Å²) in [4.78, 5) is 25.0. The van der Waals surface area contributed by atoms with E-state index < -0.39 is 11.9 Å². The van der Waals surface area contributed by atoms with Crippen molar-refractivity contribution in [3.63, 3.8) is 0 Å². The summed E-state index contributed by atoms with van der Waals surface area (Å²) in [5.74, 6) is -1.24. The molecule has 2 fully saturated rings. The van der Waals surface area contributed by atoms with Crippen LogP contribution in [0.4, 0.5) is 0 Å². The standard InChI is InChI=1S/C15H25NO4/c1-11(15(18)19)10-16(12-5-6-12)14(17)8-7-13-4-2-3-9-20-13/h11-13H,2-10H2,1H3,(H,18,19).